The zero-order chi connectivity index (χ0) is 10.7. The van der Waals surface area contributed by atoms with Gasteiger partial charge in [0.1, 0.15) is 0 Å². The first-order valence-electron chi connectivity index (χ1n) is 5.05. The van der Waals surface area contributed by atoms with Gasteiger partial charge in [0, 0.05) is 23.5 Å². The second-order valence-corrected chi connectivity index (χ2v) is 3.74. The van der Waals surface area contributed by atoms with E-state index in [9.17, 15) is 0 Å². The normalized spacial score (nSPS) is 10.3. The maximum absolute atomic E-state index is 3.99. The van der Waals surface area contributed by atoms with E-state index in [0.29, 0.717) is 0 Å². The van der Waals surface area contributed by atoms with Crippen molar-refractivity contribution in [3.8, 4) is 0 Å². The molecule has 78 valence electrons. The molecule has 0 spiro atoms. The molecule has 0 aliphatic carbocycles. The fourth-order valence-electron chi connectivity index (χ4n) is 1.51. The second-order valence-electron chi connectivity index (χ2n) is 3.74. The number of aryl methyl sites for hydroxylation is 2. The standard InChI is InChI=1S/C12H15N3/c1-9-4-3-5-12(6-9)13-7-11-8-14-15-10(11)2/h3-6,8,13H,7H2,1-2H3,(H,14,15). The van der Waals surface area contributed by atoms with E-state index in [0.717, 1.165) is 17.9 Å². The van der Waals surface area contributed by atoms with Gasteiger partial charge < -0.3 is 5.32 Å². The summed E-state index contributed by atoms with van der Waals surface area (Å²) in [6.45, 7) is 4.93. The van der Waals surface area contributed by atoms with Crippen LogP contribution in [0.2, 0.25) is 0 Å². The number of benzene rings is 1. The summed E-state index contributed by atoms with van der Waals surface area (Å²) >= 11 is 0. The van der Waals surface area contributed by atoms with Crippen molar-refractivity contribution in [2.24, 2.45) is 0 Å². The van der Waals surface area contributed by atoms with E-state index in [1.807, 2.05) is 13.1 Å². The summed E-state index contributed by atoms with van der Waals surface area (Å²) in [4.78, 5) is 0. The highest BCUT2D eigenvalue weighted by Gasteiger charge is 1.99. The molecular formula is C12H15N3. The Labute approximate surface area is 89.5 Å². The van der Waals surface area contributed by atoms with Crippen molar-refractivity contribution in [3.63, 3.8) is 0 Å². The predicted molar refractivity (Wildman–Crippen MR) is 61.8 cm³/mol. The van der Waals surface area contributed by atoms with E-state index in [4.69, 9.17) is 0 Å². The number of nitrogens with one attached hydrogen (secondary N) is 2. The van der Waals surface area contributed by atoms with Gasteiger partial charge in [0.05, 0.1) is 6.20 Å². The molecule has 0 unspecified atom stereocenters. The molecule has 3 nitrogen and oxygen atoms in total. The van der Waals surface area contributed by atoms with Gasteiger partial charge in [0.25, 0.3) is 0 Å². The van der Waals surface area contributed by atoms with Gasteiger partial charge >= 0.3 is 0 Å². The van der Waals surface area contributed by atoms with E-state index < -0.39 is 0 Å². The average molecular weight is 201 g/mol. The van der Waals surface area contributed by atoms with E-state index in [2.05, 4.69) is 46.7 Å². The molecular weight excluding hydrogens is 186 g/mol. The summed E-state index contributed by atoms with van der Waals surface area (Å²) in [5.74, 6) is 0. The van der Waals surface area contributed by atoms with Crippen LogP contribution in [-0.4, -0.2) is 10.2 Å². The molecule has 0 saturated heterocycles. The van der Waals surface area contributed by atoms with Crippen molar-refractivity contribution in [2.45, 2.75) is 20.4 Å². The first-order valence-corrected chi connectivity index (χ1v) is 5.05. The maximum atomic E-state index is 3.99. The molecule has 0 fully saturated rings. The lowest BCUT2D eigenvalue weighted by Gasteiger charge is -2.06. The summed E-state index contributed by atoms with van der Waals surface area (Å²) in [5, 5.41) is 10.3. The van der Waals surface area contributed by atoms with Crippen LogP contribution in [0.4, 0.5) is 5.69 Å². The van der Waals surface area contributed by atoms with Gasteiger partial charge in [-0.2, -0.15) is 5.10 Å². The highest BCUT2D eigenvalue weighted by molar-refractivity contribution is 5.45. The van der Waals surface area contributed by atoms with Gasteiger partial charge in [-0.3, -0.25) is 5.10 Å². The number of aromatic amines is 1. The maximum Gasteiger partial charge on any atom is 0.0539 e. The third-order valence-corrected chi connectivity index (χ3v) is 2.44. The van der Waals surface area contributed by atoms with E-state index >= 15 is 0 Å². The van der Waals surface area contributed by atoms with Crippen LogP contribution in [0.3, 0.4) is 0 Å². The lowest BCUT2D eigenvalue weighted by molar-refractivity contribution is 1.04. The summed E-state index contributed by atoms with van der Waals surface area (Å²) in [6, 6.07) is 8.35. The molecule has 0 aliphatic rings. The molecule has 2 aromatic rings. The Hall–Kier alpha value is -1.77. The van der Waals surface area contributed by atoms with Crippen molar-refractivity contribution < 1.29 is 0 Å². The number of H-pyrrole nitrogens is 1. The van der Waals surface area contributed by atoms with E-state index in [1.165, 1.54) is 11.1 Å². The largest absolute Gasteiger partial charge is 0.381 e. The van der Waals surface area contributed by atoms with Gasteiger partial charge in [-0.15, -0.1) is 0 Å². The quantitative estimate of drug-likeness (QED) is 0.801. The van der Waals surface area contributed by atoms with Crippen LogP contribution >= 0.6 is 0 Å². The van der Waals surface area contributed by atoms with Crippen molar-refractivity contribution in [1.82, 2.24) is 10.2 Å². The minimum absolute atomic E-state index is 0.811. The molecule has 1 heterocycles. The topological polar surface area (TPSA) is 40.7 Å². The molecule has 0 aliphatic heterocycles. The average Bonchev–Trinajstić information content (AvgIpc) is 2.61. The van der Waals surface area contributed by atoms with E-state index in [-0.39, 0.29) is 0 Å². The van der Waals surface area contributed by atoms with Crippen LogP contribution < -0.4 is 5.32 Å². The number of hydrogen-bond donors (Lipinski definition) is 2. The Morgan fingerprint density at radius 2 is 2.20 bits per heavy atom. The molecule has 1 aromatic heterocycles. The van der Waals surface area contributed by atoms with Gasteiger partial charge in [-0.05, 0) is 31.5 Å². The van der Waals surface area contributed by atoms with Crippen LogP contribution in [0.1, 0.15) is 16.8 Å². The Balaban J connectivity index is 2.02. The first-order chi connectivity index (χ1) is 7.25. The van der Waals surface area contributed by atoms with Crippen LogP contribution in [0.15, 0.2) is 30.5 Å². The Morgan fingerprint density at radius 3 is 2.87 bits per heavy atom. The fourth-order valence-corrected chi connectivity index (χ4v) is 1.51. The van der Waals surface area contributed by atoms with Crippen LogP contribution in [0.5, 0.6) is 0 Å². The number of rotatable bonds is 3. The smallest absolute Gasteiger partial charge is 0.0539 e. The Morgan fingerprint density at radius 1 is 1.33 bits per heavy atom. The van der Waals surface area contributed by atoms with Crippen molar-refractivity contribution in [1.29, 1.82) is 0 Å². The minimum Gasteiger partial charge on any atom is -0.381 e. The molecule has 0 bridgehead atoms. The highest BCUT2D eigenvalue weighted by atomic mass is 15.1. The summed E-state index contributed by atoms with van der Waals surface area (Å²) in [5.41, 5.74) is 4.74. The predicted octanol–water partition coefficient (Wildman–Crippen LogP) is 2.64. The number of aromatic nitrogens is 2. The van der Waals surface area contributed by atoms with Crippen LogP contribution in [-0.2, 0) is 6.54 Å². The third-order valence-electron chi connectivity index (χ3n) is 2.44. The third kappa shape index (κ3) is 2.37. The second kappa shape index (κ2) is 4.17. The molecule has 1 aromatic carbocycles. The fraction of sp³-hybridized carbons (Fsp3) is 0.250. The highest BCUT2D eigenvalue weighted by Crippen LogP contribution is 2.12. The molecule has 3 heteroatoms. The van der Waals surface area contributed by atoms with Crippen molar-refractivity contribution in [3.05, 3.63) is 47.3 Å². The molecule has 0 radical (unpaired) electrons. The molecule has 0 saturated carbocycles. The zero-order valence-corrected chi connectivity index (χ0v) is 9.04. The molecule has 2 N–H and O–H groups in total. The Bertz CT molecular complexity index is 446. The zero-order valence-electron chi connectivity index (χ0n) is 9.04. The minimum atomic E-state index is 0.811. The molecule has 0 atom stereocenters. The molecule has 15 heavy (non-hydrogen) atoms. The van der Waals surface area contributed by atoms with Gasteiger partial charge in [-0.25, -0.2) is 0 Å². The number of nitrogens with zero attached hydrogens (tertiary/aromatic N) is 1. The van der Waals surface area contributed by atoms with Gasteiger partial charge in [-0.1, -0.05) is 12.1 Å². The summed E-state index contributed by atoms with van der Waals surface area (Å²) in [7, 11) is 0. The monoisotopic (exact) mass is 201 g/mol. The number of anilines is 1. The summed E-state index contributed by atoms with van der Waals surface area (Å²) < 4.78 is 0. The molecule has 0 amide bonds. The van der Waals surface area contributed by atoms with Crippen LogP contribution in [0.25, 0.3) is 0 Å². The van der Waals surface area contributed by atoms with E-state index in [1.54, 1.807) is 0 Å². The van der Waals surface area contributed by atoms with Crippen molar-refractivity contribution >= 4 is 5.69 Å². The van der Waals surface area contributed by atoms with Gasteiger partial charge in [0.15, 0.2) is 0 Å². The first kappa shape index (κ1) is 9.77. The SMILES string of the molecule is Cc1cccc(NCc2cn[nH]c2C)c1. The van der Waals surface area contributed by atoms with Crippen LogP contribution in [0, 0.1) is 13.8 Å². The summed E-state index contributed by atoms with van der Waals surface area (Å²) in [6.07, 6.45) is 1.86. The Kier molecular flexibility index (Phi) is 2.72. The van der Waals surface area contributed by atoms with Crippen molar-refractivity contribution in [2.75, 3.05) is 5.32 Å². The lowest BCUT2D eigenvalue weighted by Crippen LogP contribution is -1.99. The molecule has 2 rings (SSSR count). The van der Waals surface area contributed by atoms with Gasteiger partial charge in [0.2, 0.25) is 0 Å². The number of hydrogen-bond acceptors (Lipinski definition) is 2. The lowest BCUT2D eigenvalue weighted by atomic mass is 10.2.